The molecule has 1 amide bonds. The Bertz CT molecular complexity index is 738. The van der Waals surface area contributed by atoms with Gasteiger partial charge in [-0.25, -0.2) is 4.79 Å². The van der Waals surface area contributed by atoms with E-state index in [9.17, 15) is 14.4 Å². The lowest BCUT2D eigenvalue weighted by Gasteiger charge is -2.22. The van der Waals surface area contributed by atoms with Gasteiger partial charge in [0, 0.05) is 25.7 Å². The maximum atomic E-state index is 12.3. The third-order valence-electron chi connectivity index (χ3n) is 4.22. The molecule has 1 N–H and O–H groups in total. The highest BCUT2D eigenvalue weighted by Crippen LogP contribution is 2.33. The van der Waals surface area contributed by atoms with E-state index in [0.29, 0.717) is 17.8 Å². The lowest BCUT2D eigenvalue weighted by Crippen LogP contribution is -2.47. The first-order valence-corrected chi connectivity index (χ1v) is 7.31. The van der Waals surface area contributed by atoms with Crippen molar-refractivity contribution < 1.29 is 4.79 Å². The fourth-order valence-electron chi connectivity index (χ4n) is 2.88. The van der Waals surface area contributed by atoms with Crippen LogP contribution in [0.15, 0.2) is 21.9 Å². The number of hydrogen-bond acceptors (Lipinski definition) is 3. The van der Waals surface area contributed by atoms with E-state index in [2.05, 4.69) is 11.9 Å². The molecule has 0 spiro atoms. The highest BCUT2D eigenvalue weighted by Gasteiger charge is 2.28. The molecule has 21 heavy (non-hydrogen) atoms. The highest BCUT2D eigenvalue weighted by molar-refractivity contribution is 5.96. The van der Waals surface area contributed by atoms with Crippen LogP contribution in [0.25, 0.3) is 0 Å². The molecule has 0 bridgehead atoms. The van der Waals surface area contributed by atoms with Crippen LogP contribution in [-0.2, 0) is 20.0 Å². The summed E-state index contributed by atoms with van der Waals surface area (Å²) in [5.41, 5.74) is 0.262. The maximum absolute atomic E-state index is 12.3. The third kappa shape index (κ3) is 2.46. The van der Waals surface area contributed by atoms with Crippen molar-refractivity contribution in [2.45, 2.75) is 38.6 Å². The van der Waals surface area contributed by atoms with Crippen LogP contribution in [0.1, 0.15) is 41.7 Å². The van der Waals surface area contributed by atoms with Gasteiger partial charge >= 0.3 is 5.69 Å². The van der Waals surface area contributed by atoms with E-state index >= 15 is 0 Å². The van der Waals surface area contributed by atoms with Crippen molar-refractivity contribution in [1.29, 1.82) is 0 Å². The summed E-state index contributed by atoms with van der Waals surface area (Å²) in [5.74, 6) is 0.375. The zero-order chi connectivity index (χ0) is 15.1. The molecule has 3 rings (SSSR count). The maximum Gasteiger partial charge on any atom is 0.331 e. The van der Waals surface area contributed by atoms with Gasteiger partial charge in [0.2, 0.25) is 0 Å². The van der Waals surface area contributed by atoms with E-state index in [0.717, 1.165) is 23.3 Å². The third-order valence-corrected chi connectivity index (χ3v) is 4.22. The molecule has 112 valence electrons. The van der Waals surface area contributed by atoms with Crippen molar-refractivity contribution >= 4 is 5.91 Å². The molecular formula is C15H19N3O3. The number of hydrogen-bond donors (Lipinski definition) is 1. The number of fused-ring (bicyclic) bond motifs is 1. The summed E-state index contributed by atoms with van der Waals surface area (Å²) in [6.45, 7) is 4.19. The largest absolute Gasteiger partial charge is 0.331 e. The molecule has 1 aliphatic heterocycles. The van der Waals surface area contributed by atoms with E-state index in [1.807, 2.05) is 0 Å². The Morgan fingerprint density at radius 3 is 2.67 bits per heavy atom. The van der Waals surface area contributed by atoms with Crippen molar-refractivity contribution in [3.05, 3.63) is 44.4 Å². The van der Waals surface area contributed by atoms with Gasteiger partial charge in [-0.3, -0.25) is 18.7 Å². The van der Waals surface area contributed by atoms with Crippen LogP contribution in [0.2, 0.25) is 0 Å². The van der Waals surface area contributed by atoms with Crippen LogP contribution in [0.3, 0.4) is 0 Å². The highest BCUT2D eigenvalue weighted by atomic mass is 16.2. The topological polar surface area (TPSA) is 73.1 Å². The van der Waals surface area contributed by atoms with Gasteiger partial charge in [0.15, 0.2) is 0 Å². The minimum Gasteiger partial charge on any atom is -0.325 e. The summed E-state index contributed by atoms with van der Waals surface area (Å²) in [4.78, 5) is 36.7. The molecule has 1 aromatic rings. The Morgan fingerprint density at radius 2 is 2.00 bits per heavy atom. The summed E-state index contributed by atoms with van der Waals surface area (Å²) < 4.78 is 2.53. The molecule has 0 radical (unpaired) electrons. The smallest absolute Gasteiger partial charge is 0.325 e. The average Bonchev–Trinajstić information content (AvgIpc) is 3.24. The predicted molar refractivity (Wildman–Crippen MR) is 78.2 cm³/mol. The van der Waals surface area contributed by atoms with Gasteiger partial charge in [-0.1, -0.05) is 19.4 Å². The summed E-state index contributed by atoms with van der Waals surface area (Å²) in [6, 6.07) is 0. The van der Waals surface area contributed by atoms with Crippen molar-refractivity contribution in [3.63, 3.8) is 0 Å². The molecule has 6 nitrogen and oxygen atoms in total. The van der Waals surface area contributed by atoms with E-state index < -0.39 is 17.2 Å². The fraction of sp³-hybridized carbons (Fsp3) is 0.533. The normalized spacial score (nSPS) is 17.6. The van der Waals surface area contributed by atoms with Gasteiger partial charge < -0.3 is 5.32 Å². The Kier molecular flexibility index (Phi) is 3.31. The van der Waals surface area contributed by atoms with Crippen molar-refractivity contribution in [1.82, 2.24) is 14.5 Å². The van der Waals surface area contributed by atoms with Gasteiger partial charge in [0.05, 0.1) is 5.56 Å². The van der Waals surface area contributed by atoms with Gasteiger partial charge in [-0.05, 0) is 18.8 Å². The Balaban J connectivity index is 2.04. The lowest BCUT2D eigenvalue weighted by molar-refractivity contribution is 0.0946. The molecule has 1 saturated carbocycles. The summed E-state index contributed by atoms with van der Waals surface area (Å²) in [6.07, 6.45) is 4.74. The molecule has 1 fully saturated rings. The van der Waals surface area contributed by atoms with Crippen LogP contribution in [0.5, 0.6) is 0 Å². The average molecular weight is 289 g/mol. The lowest BCUT2D eigenvalue weighted by atomic mass is 10.0. The first-order valence-electron chi connectivity index (χ1n) is 7.31. The van der Waals surface area contributed by atoms with Gasteiger partial charge in [-0.15, -0.1) is 0 Å². The van der Waals surface area contributed by atoms with Crippen LogP contribution >= 0.6 is 0 Å². The van der Waals surface area contributed by atoms with Crippen molar-refractivity contribution in [2.24, 2.45) is 13.0 Å². The molecule has 0 aromatic carbocycles. The number of nitrogens with zero attached hydrogens (tertiary/aromatic N) is 2. The zero-order valence-electron chi connectivity index (χ0n) is 12.1. The quantitative estimate of drug-likeness (QED) is 0.879. The number of carbonyl (C=O) groups excluding carboxylic acids is 1. The number of nitrogens with one attached hydrogen (secondary N) is 1. The van der Waals surface area contributed by atoms with Crippen LogP contribution < -0.4 is 16.6 Å². The van der Waals surface area contributed by atoms with Gasteiger partial charge in [-0.2, -0.15) is 0 Å². The Hall–Kier alpha value is -2.11. The van der Waals surface area contributed by atoms with Crippen molar-refractivity contribution in [3.8, 4) is 0 Å². The number of carbonyl (C=O) groups is 1. The predicted octanol–water partition coefficient (Wildman–Crippen LogP) is 0.537. The summed E-state index contributed by atoms with van der Waals surface area (Å²) in [7, 11) is 1.46. The van der Waals surface area contributed by atoms with E-state index in [1.165, 1.54) is 24.5 Å². The number of amides is 1. The zero-order valence-corrected chi connectivity index (χ0v) is 12.1. The van der Waals surface area contributed by atoms with E-state index in [4.69, 9.17) is 0 Å². The monoisotopic (exact) mass is 289 g/mol. The standard InChI is InChI=1S/C15H19N3O3/c1-9-8-11-12(13(19)16-9)18(7-3-4-10-5-6-10)15(21)17(2)14(11)20/h10H,1,3-8H2,2H3,(H,16,19). The minimum absolute atomic E-state index is 0.214. The van der Waals surface area contributed by atoms with Crippen molar-refractivity contribution in [2.75, 3.05) is 0 Å². The molecule has 2 aliphatic rings. The van der Waals surface area contributed by atoms with E-state index in [1.54, 1.807) is 0 Å². The summed E-state index contributed by atoms with van der Waals surface area (Å²) >= 11 is 0. The molecule has 0 unspecified atom stereocenters. The second kappa shape index (κ2) is 5.02. The molecule has 0 saturated heterocycles. The molecular weight excluding hydrogens is 270 g/mol. The number of rotatable bonds is 4. The first kappa shape index (κ1) is 13.9. The van der Waals surface area contributed by atoms with Crippen LogP contribution in [0.4, 0.5) is 0 Å². The summed E-state index contributed by atoms with van der Waals surface area (Å²) in [5, 5.41) is 2.62. The second-order valence-electron chi connectivity index (χ2n) is 5.95. The molecule has 1 aromatic heterocycles. The molecule has 2 heterocycles. The SMILES string of the molecule is C=C1Cc2c(n(CCCC3CC3)c(=O)n(C)c2=O)C(=O)N1. The molecule has 6 heteroatoms. The Labute approximate surface area is 122 Å². The number of aromatic nitrogens is 2. The Morgan fingerprint density at radius 1 is 1.29 bits per heavy atom. The molecule has 1 aliphatic carbocycles. The second-order valence-corrected chi connectivity index (χ2v) is 5.95. The van der Waals surface area contributed by atoms with Crippen LogP contribution in [0, 0.1) is 5.92 Å². The fourth-order valence-corrected chi connectivity index (χ4v) is 2.88. The van der Waals surface area contributed by atoms with Gasteiger partial charge in [0.25, 0.3) is 11.5 Å². The molecule has 0 atom stereocenters. The van der Waals surface area contributed by atoms with Crippen LogP contribution in [-0.4, -0.2) is 15.0 Å². The van der Waals surface area contributed by atoms with E-state index in [-0.39, 0.29) is 12.1 Å². The minimum atomic E-state index is -0.419. The number of allylic oxidation sites excluding steroid dienone is 1. The first-order chi connectivity index (χ1) is 9.99. The van der Waals surface area contributed by atoms with Gasteiger partial charge in [0.1, 0.15) is 5.69 Å².